The van der Waals surface area contributed by atoms with Gasteiger partial charge in [0.05, 0.1) is 13.2 Å². The summed E-state index contributed by atoms with van der Waals surface area (Å²) in [5.41, 5.74) is 2.63. The van der Waals surface area contributed by atoms with Crippen LogP contribution in [0.25, 0.3) is 0 Å². The highest BCUT2D eigenvalue weighted by atomic mass is 16.5. The Morgan fingerprint density at radius 2 is 1.88 bits per heavy atom. The lowest BCUT2D eigenvalue weighted by atomic mass is 10.0. The number of benzene rings is 1. The lowest BCUT2D eigenvalue weighted by Crippen LogP contribution is -2.27. The first-order valence-electron chi connectivity index (χ1n) is 9.05. The maximum absolute atomic E-state index is 5.39. The predicted molar refractivity (Wildman–Crippen MR) is 102 cm³/mol. The highest BCUT2D eigenvalue weighted by molar-refractivity contribution is 5.51. The van der Waals surface area contributed by atoms with E-state index in [1.54, 1.807) is 14.2 Å². The number of unbranched alkanes of at least 4 members (excludes halogenated alkanes) is 3. The molecule has 1 aromatic rings. The van der Waals surface area contributed by atoms with Crippen LogP contribution in [0.4, 0.5) is 5.69 Å². The Bertz CT molecular complexity index is 533. The number of ether oxygens (including phenoxy) is 2. The minimum atomic E-state index is 0.229. The van der Waals surface area contributed by atoms with Gasteiger partial charge in [0.25, 0.3) is 0 Å². The molecule has 3 heteroatoms. The monoisotopic (exact) mass is 329 g/mol. The lowest BCUT2D eigenvalue weighted by Gasteiger charge is -2.27. The second-order valence-electron chi connectivity index (χ2n) is 6.33. The standard InChI is InChI=1S/C21H31NO2/c1-4-5-6-7-16-22(19-10-14-21(24-3)15-11-19)17-18-8-12-20(23-2)13-9-18/h8-12,14-15,20H,4-7,13,16-17H2,1-3H3. The Kier molecular flexibility index (Phi) is 7.90. The van der Waals surface area contributed by atoms with E-state index >= 15 is 0 Å². The van der Waals surface area contributed by atoms with E-state index in [2.05, 4.69) is 42.2 Å². The minimum absolute atomic E-state index is 0.229. The summed E-state index contributed by atoms with van der Waals surface area (Å²) in [4.78, 5) is 2.47. The van der Waals surface area contributed by atoms with Gasteiger partial charge >= 0.3 is 0 Å². The Balaban J connectivity index is 2.01. The summed E-state index contributed by atoms with van der Waals surface area (Å²) in [6, 6.07) is 8.40. The summed E-state index contributed by atoms with van der Waals surface area (Å²) < 4.78 is 10.7. The Hall–Kier alpha value is -1.74. The molecule has 0 amide bonds. The van der Waals surface area contributed by atoms with E-state index in [4.69, 9.17) is 9.47 Å². The highest BCUT2D eigenvalue weighted by Crippen LogP contribution is 2.22. The smallest absolute Gasteiger partial charge is 0.119 e. The zero-order valence-electron chi connectivity index (χ0n) is 15.3. The van der Waals surface area contributed by atoms with Crippen LogP contribution in [0.2, 0.25) is 0 Å². The van der Waals surface area contributed by atoms with Gasteiger partial charge in [-0.15, -0.1) is 0 Å². The van der Waals surface area contributed by atoms with Crippen LogP contribution in [0.5, 0.6) is 5.75 Å². The first-order valence-corrected chi connectivity index (χ1v) is 9.05. The summed E-state index contributed by atoms with van der Waals surface area (Å²) in [6.45, 7) is 4.29. The molecule has 0 radical (unpaired) electrons. The average Bonchev–Trinajstić information content (AvgIpc) is 2.65. The largest absolute Gasteiger partial charge is 0.497 e. The van der Waals surface area contributed by atoms with E-state index in [0.29, 0.717) is 0 Å². The van der Waals surface area contributed by atoms with Crippen LogP contribution in [-0.4, -0.2) is 33.4 Å². The van der Waals surface area contributed by atoms with Crippen molar-refractivity contribution in [2.45, 2.75) is 45.1 Å². The van der Waals surface area contributed by atoms with Gasteiger partial charge in [-0.3, -0.25) is 0 Å². The number of rotatable bonds is 10. The Morgan fingerprint density at radius 3 is 2.46 bits per heavy atom. The van der Waals surface area contributed by atoms with Crippen molar-refractivity contribution < 1.29 is 9.47 Å². The van der Waals surface area contributed by atoms with Crippen LogP contribution in [0.3, 0.4) is 0 Å². The molecule has 24 heavy (non-hydrogen) atoms. The number of methoxy groups -OCH3 is 2. The van der Waals surface area contributed by atoms with Crippen LogP contribution in [0, 0.1) is 0 Å². The molecule has 2 rings (SSSR count). The Labute approximate surface area is 147 Å². The molecule has 0 saturated heterocycles. The van der Waals surface area contributed by atoms with Crippen LogP contribution in [0.1, 0.15) is 39.0 Å². The van der Waals surface area contributed by atoms with Gasteiger partial charge in [0.1, 0.15) is 5.75 Å². The van der Waals surface area contributed by atoms with Gasteiger partial charge in [0.15, 0.2) is 0 Å². The number of hydrogen-bond donors (Lipinski definition) is 0. The van der Waals surface area contributed by atoms with Gasteiger partial charge in [0.2, 0.25) is 0 Å². The van der Waals surface area contributed by atoms with Crippen LogP contribution in [-0.2, 0) is 4.74 Å². The van der Waals surface area contributed by atoms with Crippen molar-refractivity contribution in [1.82, 2.24) is 0 Å². The SMILES string of the molecule is CCCCCCN(CC1=CCC(OC)C=C1)c1ccc(OC)cc1. The zero-order chi connectivity index (χ0) is 17.2. The molecule has 1 unspecified atom stereocenters. The average molecular weight is 329 g/mol. The molecular formula is C21H31NO2. The normalized spacial score (nSPS) is 16.8. The van der Waals surface area contributed by atoms with Gasteiger partial charge in [0, 0.05) is 25.9 Å². The number of anilines is 1. The highest BCUT2D eigenvalue weighted by Gasteiger charge is 2.12. The van der Waals surface area contributed by atoms with Gasteiger partial charge in [-0.25, -0.2) is 0 Å². The second kappa shape index (κ2) is 10.2. The van der Waals surface area contributed by atoms with E-state index in [0.717, 1.165) is 25.3 Å². The third-order valence-electron chi connectivity index (χ3n) is 4.53. The molecule has 0 aromatic heterocycles. The maximum atomic E-state index is 5.39. The van der Waals surface area contributed by atoms with Crippen molar-refractivity contribution >= 4 is 5.69 Å². The first kappa shape index (κ1) is 18.6. The first-order chi connectivity index (χ1) is 11.8. The molecule has 0 heterocycles. The molecule has 0 aliphatic heterocycles. The van der Waals surface area contributed by atoms with E-state index in [9.17, 15) is 0 Å². The summed E-state index contributed by atoms with van der Waals surface area (Å²) in [5.74, 6) is 0.907. The predicted octanol–water partition coefficient (Wildman–Crippen LogP) is 4.98. The van der Waals surface area contributed by atoms with Crippen molar-refractivity contribution in [2.24, 2.45) is 0 Å². The van der Waals surface area contributed by atoms with Gasteiger partial charge in [-0.05, 0) is 42.7 Å². The van der Waals surface area contributed by atoms with Gasteiger partial charge in [-0.2, -0.15) is 0 Å². The second-order valence-corrected chi connectivity index (χ2v) is 6.33. The van der Waals surface area contributed by atoms with E-state index < -0.39 is 0 Å². The quantitative estimate of drug-likeness (QED) is 0.565. The zero-order valence-corrected chi connectivity index (χ0v) is 15.3. The molecule has 0 bridgehead atoms. The summed E-state index contributed by atoms with van der Waals surface area (Å²) >= 11 is 0. The fourth-order valence-corrected chi connectivity index (χ4v) is 2.98. The molecule has 0 N–H and O–H groups in total. The molecular weight excluding hydrogens is 298 g/mol. The van der Waals surface area contributed by atoms with Crippen molar-refractivity contribution in [1.29, 1.82) is 0 Å². The molecule has 0 spiro atoms. The van der Waals surface area contributed by atoms with Crippen molar-refractivity contribution in [3.05, 3.63) is 48.1 Å². The van der Waals surface area contributed by atoms with Crippen LogP contribution >= 0.6 is 0 Å². The van der Waals surface area contributed by atoms with E-state index in [-0.39, 0.29) is 6.10 Å². The van der Waals surface area contributed by atoms with Gasteiger partial charge < -0.3 is 14.4 Å². The third kappa shape index (κ3) is 5.72. The maximum Gasteiger partial charge on any atom is 0.119 e. The Morgan fingerprint density at radius 1 is 1.08 bits per heavy atom. The van der Waals surface area contributed by atoms with Crippen molar-refractivity contribution in [3.8, 4) is 5.75 Å². The molecule has 1 aromatic carbocycles. The fraction of sp³-hybridized carbons (Fsp3) is 0.524. The van der Waals surface area contributed by atoms with Crippen LogP contribution in [0.15, 0.2) is 48.1 Å². The van der Waals surface area contributed by atoms with Crippen molar-refractivity contribution in [2.75, 3.05) is 32.2 Å². The summed E-state index contributed by atoms with van der Waals surface area (Å²) in [7, 11) is 3.48. The summed E-state index contributed by atoms with van der Waals surface area (Å²) in [5, 5.41) is 0. The number of hydrogen-bond acceptors (Lipinski definition) is 3. The molecule has 0 saturated carbocycles. The van der Waals surface area contributed by atoms with Gasteiger partial charge in [-0.1, -0.05) is 44.4 Å². The molecule has 1 atom stereocenters. The van der Waals surface area contributed by atoms with E-state index in [1.807, 2.05) is 12.1 Å². The summed E-state index contributed by atoms with van der Waals surface area (Å²) in [6.07, 6.45) is 13.0. The molecule has 3 nitrogen and oxygen atoms in total. The van der Waals surface area contributed by atoms with Crippen molar-refractivity contribution in [3.63, 3.8) is 0 Å². The molecule has 1 aliphatic rings. The molecule has 1 aliphatic carbocycles. The van der Waals surface area contributed by atoms with E-state index in [1.165, 1.54) is 36.9 Å². The third-order valence-corrected chi connectivity index (χ3v) is 4.53. The minimum Gasteiger partial charge on any atom is -0.497 e. The van der Waals surface area contributed by atoms with Crippen LogP contribution < -0.4 is 9.64 Å². The fourth-order valence-electron chi connectivity index (χ4n) is 2.98. The lowest BCUT2D eigenvalue weighted by molar-refractivity contribution is 0.142. The topological polar surface area (TPSA) is 21.7 Å². The molecule has 132 valence electrons. The number of nitrogens with zero attached hydrogens (tertiary/aromatic N) is 1. The molecule has 0 fully saturated rings.